The summed E-state index contributed by atoms with van der Waals surface area (Å²) in [6.45, 7) is 2.67. The number of benzene rings is 1. The number of carbonyl (C=O) groups is 1. The lowest BCUT2D eigenvalue weighted by Crippen LogP contribution is -2.37. The van der Waals surface area contributed by atoms with E-state index in [-0.39, 0.29) is 17.7 Å². The van der Waals surface area contributed by atoms with Crippen LogP contribution in [0.25, 0.3) is 11.3 Å². The summed E-state index contributed by atoms with van der Waals surface area (Å²) in [5, 5.41) is 19.7. The SMILES string of the molecule is CC[C@@H](Cn1ccnc1)NC(=O)c1cc(-c2ccccc2O)n[nH]1. The number of phenols is 1. The van der Waals surface area contributed by atoms with Crippen molar-refractivity contribution in [2.24, 2.45) is 0 Å². The lowest BCUT2D eigenvalue weighted by atomic mass is 10.1. The van der Waals surface area contributed by atoms with Crippen molar-refractivity contribution in [2.75, 3.05) is 0 Å². The molecule has 0 radical (unpaired) electrons. The number of imidazole rings is 1. The maximum atomic E-state index is 12.4. The first-order valence-corrected chi connectivity index (χ1v) is 7.77. The fourth-order valence-corrected chi connectivity index (χ4v) is 2.46. The van der Waals surface area contributed by atoms with Crippen LogP contribution in [0.4, 0.5) is 0 Å². The minimum atomic E-state index is -0.226. The van der Waals surface area contributed by atoms with E-state index in [0.29, 0.717) is 23.5 Å². The molecule has 0 aliphatic rings. The van der Waals surface area contributed by atoms with E-state index in [1.807, 2.05) is 23.8 Å². The summed E-state index contributed by atoms with van der Waals surface area (Å²) in [5.41, 5.74) is 1.47. The summed E-state index contributed by atoms with van der Waals surface area (Å²) >= 11 is 0. The molecule has 3 rings (SSSR count). The minimum absolute atomic E-state index is 0.0106. The Morgan fingerprint density at radius 2 is 2.25 bits per heavy atom. The number of rotatable bonds is 6. The van der Waals surface area contributed by atoms with Crippen LogP contribution < -0.4 is 5.32 Å². The number of para-hydroxylation sites is 1. The Balaban J connectivity index is 1.70. The predicted molar refractivity (Wildman–Crippen MR) is 89.5 cm³/mol. The highest BCUT2D eigenvalue weighted by molar-refractivity contribution is 5.93. The molecule has 3 aromatic rings. The molecular weight excluding hydrogens is 306 g/mol. The van der Waals surface area contributed by atoms with Crippen LogP contribution >= 0.6 is 0 Å². The fourth-order valence-electron chi connectivity index (χ4n) is 2.46. The van der Waals surface area contributed by atoms with E-state index in [0.717, 1.165) is 6.42 Å². The van der Waals surface area contributed by atoms with Gasteiger partial charge in [0.05, 0.1) is 12.0 Å². The van der Waals surface area contributed by atoms with E-state index >= 15 is 0 Å². The van der Waals surface area contributed by atoms with Gasteiger partial charge in [-0.3, -0.25) is 9.89 Å². The van der Waals surface area contributed by atoms with Crippen molar-refractivity contribution < 1.29 is 9.90 Å². The summed E-state index contributed by atoms with van der Waals surface area (Å²) in [4.78, 5) is 16.4. The van der Waals surface area contributed by atoms with Gasteiger partial charge in [0.1, 0.15) is 11.4 Å². The third kappa shape index (κ3) is 3.45. The molecule has 2 heterocycles. The molecule has 0 saturated heterocycles. The van der Waals surface area contributed by atoms with Crippen LogP contribution in [-0.2, 0) is 6.54 Å². The van der Waals surface area contributed by atoms with E-state index < -0.39 is 0 Å². The van der Waals surface area contributed by atoms with Crippen LogP contribution in [0, 0.1) is 0 Å². The van der Waals surface area contributed by atoms with Crippen molar-refractivity contribution >= 4 is 5.91 Å². The van der Waals surface area contributed by atoms with E-state index in [1.165, 1.54) is 0 Å². The molecule has 0 fully saturated rings. The van der Waals surface area contributed by atoms with Gasteiger partial charge in [-0.15, -0.1) is 0 Å². The molecule has 1 atom stereocenters. The van der Waals surface area contributed by atoms with Gasteiger partial charge in [-0.1, -0.05) is 19.1 Å². The summed E-state index contributed by atoms with van der Waals surface area (Å²) in [6.07, 6.45) is 6.09. The van der Waals surface area contributed by atoms with Crippen molar-refractivity contribution in [1.29, 1.82) is 0 Å². The number of aromatic nitrogens is 4. The van der Waals surface area contributed by atoms with Crippen molar-refractivity contribution in [3.05, 3.63) is 54.7 Å². The van der Waals surface area contributed by atoms with Gasteiger partial charge in [0.25, 0.3) is 5.91 Å². The standard InChI is InChI=1S/C17H19N5O2/c1-2-12(10-22-8-7-18-11-22)19-17(24)15-9-14(20-21-15)13-5-3-4-6-16(13)23/h3-9,11-12,23H,2,10H2,1H3,(H,19,24)(H,20,21)/t12-/m0/s1. The summed E-state index contributed by atoms with van der Waals surface area (Å²) in [6, 6.07) is 8.50. The fraction of sp³-hybridized carbons (Fsp3) is 0.235. The van der Waals surface area contributed by atoms with Gasteiger partial charge in [-0.05, 0) is 24.6 Å². The van der Waals surface area contributed by atoms with Gasteiger partial charge >= 0.3 is 0 Å². The lowest BCUT2D eigenvalue weighted by molar-refractivity contribution is 0.0926. The highest BCUT2D eigenvalue weighted by Crippen LogP contribution is 2.27. The van der Waals surface area contributed by atoms with Crippen LogP contribution in [0.5, 0.6) is 5.75 Å². The normalized spacial score (nSPS) is 12.0. The Labute approximate surface area is 139 Å². The molecule has 0 unspecified atom stereocenters. The van der Waals surface area contributed by atoms with Crippen LogP contribution in [0.3, 0.4) is 0 Å². The van der Waals surface area contributed by atoms with Gasteiger partial charge in [0.2, 0.25) is 0 Å². The first kappa shape index (κ1) is 15.8. The van der Waals surface area contributed by atoms with Crippen molar-refractivity contribution in [2.45, 2.75) is 25.9 Å². The predicted octanol–water partition coefficient (Wildman–Crippen LogP) is 2.19. The molecule has 1 amide bonds. The summed E-state index contributed by atoms with van der Waals surface area (Å²) in [5.74, 6) is -0.0985. The van der Waals surface area contributed by atoms with Gasteiger partial charge in [-0.25, -0.2) is 4.98 Å². The molecule has 7 heteroatoms. The van der Waals surface area contributed by atoms with E-state index in [9.17, 15) is 9.90 Å². The molecule has 0 saturated carbocycles. The van der Waals surface area contributed by atoms with Crippen LogP contribution in [0.2, 0.25) is 0 Å². The Bertz CT molecular complexity index is 810. The number of hydrogen-bond acceptors (Lipinski definition) is 4. The monoisotopic (exact) mass is 325 g/mol. The molecule has 0 bridgehead atoms. The number of hydrogen-bond donors (Lipinski definition) is 3. The number of aromatic hydroxyl groups is 1. The van der Waals surface area contributed by atoms with Crippen molar-refractivity contribution in [1.82, 2.24) is 25.1 Å². The van der Waals surface area contributed by atoms with Gasteiger partial charge < -0.3 is 15.0 Å². The topological polar surface area (TPSA) is 95.8 Å². The van der Waals surface area contributed by atoms with Crippen molar-refractivity contribution in [3.8, 4) is 17.0 Å². The molecule has 24 heavy (non-hydrogen) atoms. The molecule has 7 nitrogen and oxygen atoms in total. The Morgan fingerprint density at radius 3 is 2.96 bits per heavy atom. The molecule has 124 valence electrons. The Morgan fingerprint density at radius 1 is 1.42 bits per heavy atom. The molecule has 2 aromatic heterocycles. The Kier molecular flexibility index (Phi) is 4.60. The second-order valence-electron chi connectivity index (χ2n) is 5.52. The number of H-pyrrole nitrogens is 1. The first-order chi connectivity index (χ1) is 11.7. The zero-order valence-electron chi connectivity index (χ0n) is 13.3. The smallest absolute Gasteiger partial charge is 0.269 e. The third-order valence-corrected chi connectivity index (χ3v) is 3.82. The van der Waals surface area contributed by atoms with Gasteiger partial charge in [-0.2, -0.15) is 5.10 Å². The minimum Gasteiger partial charge on any atom is -0.507 e. The number of amides is 1. The maximum absolute atomic E-state index is 12.4. The number of nitrogens with one attached hydrogen (secondary N) is 2. The average Bonchev–Trinajstić information content (AvgIpc) is 3.26. The van der Waals surface area contributed by atoms with Gasteiger partial charge in [0, 0.05) is 30.5 Å². The van der Waals surface area contributed by atoms with Crippen LogP contribution in [0.15, 0.2) is 49.1 Å². The number of nitrogens with zero attached hydrogens (tertiary/aromatic N) is 3. The molecule has 0 spiro atoms. The molecule has 3 N–H and O–H groups in total. The largest absolute Gasteiger partial charge is 0.507 e. The molecule has 0 aliphatic carbocycles. The maximum Gasteiger partial charge on any atom is 0.269 e. The second-order valence-corrected chi connectivity index (χ2v) is 5.52. The van der Waals surface area contributed by atoms with Crippen LogP contribution in [-0.4, -0.2) is 36.8 Å². The van der Waals surface area contributed by atoms with E-state index in [2.05, 4.69) is 20.5 Å². The summed E-state index contributed by atoms with van der Waals surface area (Å²) < 4.78 is 1.93. The van der Waals surface area contributed by atoms with Crippen molar-refractivity contribution in [3.63, 3.8) is 0 Å². The van der Waals surface area contributed by atoms with Gasteiger partial charge in [0.15, 0.2) is 0 Å². The highest BCUT2D eigenvalue weighted by Gasteiger charge is 2.16. The second kappa shape index (κ2) is 6.99. The molecule has 1 aromatic carbocycles. The number of phenolic OH excluding ortho intramolecular Hbond substituents is 1. The third-order valence-electron chi connectivity index (χ3n) is 3.82. The zero-order valence-corrected chi connectivity index (χ0v) is 13.3. The first-order valence-electron chi connectivity index (χ1n) is 7.77. The van der Waals surface area contributed by atoms with Crippen LogP contribution in [0.1, 0.15) is 23.8 Å². The van der Waals surface area contributed by atoms with E-state index in [4.69, 9.17) is 0 Å². The van der Waals surface area contributed by atoms with E-state index in [1.54, 1.807) is 36.8 Å². The summed E-state index contributed by atoms with van der Waals surface area (Å²) in [7, 11) is 0. The lowest BCUT2D eigenvalue weighted by Gasteiger charge is -2.16. The molecular formula is C17H19N5O2. The number of carbonyl (C=O) groups excluding carboxylic acids is 1. The average molecular weight is 325 g/mol. The Hall–Kier alpha value is -3.09. The quantitative estimate of drug-likeness (QED) is 0.647. The number of aromatic amines is 1. The molecule has 0 aliphatic heterocycles. The highest BCUT2D eigenvalue weighted by atomic mass is 16.3. The zero-order chi connectivity index (χ0) is 16.9.